The molecule has 2 aromatic carbocycles. The Hall–Kier alpha value is -2.34. The van der Waals surface area contributed by atoms with Gasteiger partial charge in [0.15, 0.2) is 0 Å². The Kier molecular flexibility index (Phi) is 3.41. The van der Waals surface area contributed by atoms with Gasteiger partial charge in [-0.3, -0.25) is 4.79 Å². The Morgan fingerprint density at radius 1 is 1.09 bits per heavy atom. The van der Waals surface area contributed by atoms with E-state index in [0.29, 0.717) is 16.3 Å². The number of benzene rings is 2. The maximum atomic E-state index is 12.7. The number of hydrogen-bond acceptors (Lipinski definition) is 2. The molecule has 1 aliphatic heterocycles. The lowest BCUT2D eigenvalue weighted by Crippen LogP contribution is -2.14. The van der Waals surface area contributed by atoms with Crippen LogP contribution in [0.2, 0.25) is 5.02 Å². The first-order chi connectivity index (χ1) is 10.3. The maximum absolute atomic E-state index is 12.7. The van der Waals surface area contributed by atoms with Crippen molar-refractivity contribution in [1.82, 2.24) is 0 Å². The molecule has 0 saturated carbocycles. The second kappa shape index (κ2) is 5.14. The van der Waals surface area contributed by atoms with Crippen molar-refractivity contribution in [1.29, 1.82) is 0 Å². The lowest BCUT2D eigenvalue weighted by Gasteiger charge is -2.06. The number of hydrogen-bond donors (Lipinski definition) is 1. The Morgan fingerprint density at radius 3 is 2.59 bits per heavy atom. The van der Waals surface area contributed by atoms with E-state index in [2.05, 4.69) is 10.3 Å². The topological polar surface area (TPSA) is 41.5 Å². The van der Waals surface area contributed by atoms with E-state index in [0.717, 1.165) is 12.1 Å². The maximum Gasteiger partial charge on any atom is 0.416 e. The Morgan fingerprint density at radius 2 is 1.86 bits per heavy atom. The van der Waals surface area contributed by atoms with Crippen molar-refractivity contribution in [2.45, 2.75) is 6.18 Å². The van der Waals surface area contributed by atoms with Crippen molar-refractivity contribution in [3.8, 4) is 0 Å². The van der Waals surface area contributed by atoms with E-state index in [1.54, 1.807) is 18.2 Å². The van der Waals surface area contributed by atoms with E-state index in [-0.39, 0.29) is 11.4 Å². The molecule has 0 saturated heterocycles. The fourth-order valence-electron chi connectivity index (χ4n) is 2.12. The van der Waals surface area contributed by atoms with Crippen LogP contribution in [0, 0.1) is 0 Å². The van der Waals surface area contributed by atoms with E-state index in [4.69, 9.17) is 11.6 Å². The third-order valence-corrected chi connectivity index (χ3v) is 3.35. The van der Waals surface area contributed by atoms with Crippen molar-refractivity contribution < 1.29 is 18.0 Å². The third kappa shape index (κ3) is 2.69. The normalized spacial score (nSPS) is 15.8. The molecule has 0 atom stereocenters. The minimum Gasteiger partial charge on any atom is -0.320 e. The van der Waals surface area contributed by atoms with Gasteiger partial charge in [-0.1, -0.05) is 17.7 Å². The van der Waals surface area contributed by atoms with Crippen LogP contribution in [-0.4, -0.2) is 11.6 Å². The molecule has 0 aromatic heterocycles. The number of fused-ring (bicyclic) bond motifs is 1. The average Bonchev–Trinajstić information content (AvgIpc) is 2.75. The fourth-order valence-corrected chi connectivity index (χ4v) is 2.29. The number of nitrogens with one attached hydrogen (secondary N) is 1. The molecule has 2 aromatic rings. The van der Waals surface area contributed by atoms with Crippen LogP contribution < -0.4 is 5.32 Å². The van der Waals surface area contributed by atoms with Crippen molar-refractivity contribution in [2.24, 2.45) is 4.99 Å². The van der Waals surface area contributed by atoms with Gasteiger partial charge in [-0.25, -0.2) is 4.99 Å². The Balaban J connectivity index is 2.07. The smallest absolute Gasteiger partial charge is 0.320 e. The number of aliphatic imine (C=N–C) groups is 1. The van der Waals surface area contributed by atoms with Crippen molar-refractivity contribution in [2.75, 3.05) is 5.32 Å². The van der Waals surface area contributed by atoms with Crippen LogP contribution in [0.4, 0.5) is 24.5 Å². The van der Waals surface area contributed by atoms with Gasteiger partial charge in [-0.05, 0) is 36.4 Å². The van der Waals surface area contributed by atoms with Crippen molar-refractivity contribution in [3.05, 3.63) is 58.6 Å². The minimum atomic E-state index is -4.46. The van der Waals surface area contributed by atoms with Crippen LogP contribution in [0.1, 0.15) is 11.1 Å². The summed E-state index contributed by atoms with van der Waals surface area (Å²) in [5, 5.41) is 3.00. The van der Waals surface area contributed by atoms with E-state index in [1.165, 1.54) is 12.1 Å². The molecule has 1 amide bonds. The van der Waals surface area contributed by atoms with Gasteiger partial charge in [0.25, 0.3) is 5.91 Å². The minimum absolute atomic E-state index is 0.0387. The van der Waals surface area contributed by atoms with Gasteiger partial charge in [0.2, 0.25) is 0 Å². The quantitative estimate of drug-likeness (QED) is 0.828. The van der Waals surface area contributed by atoms with Crippen LogP contribution in [0.25, 0.3) is 0 Å². The summed E-state index contributed by atoms with van der Waals surface area (Å²) in [6.07, 6.45) is -4.46. The highest BCUT2D eigenvalue weighted by molar-refractivity contribution is 6.54. The van der Waals surface area contributed by atoms with Gasteiger partial charge < -0.3 is 5.32 Å². The van der Waals surface area contributed by atoms with Crippen molar-refractivity contribution in [3.63, 3.8) is 0 Å². The molecule has 22 heavy (non-hydrogen) atoms. The molecule has 0 aliphatic carbocycles. The first-order valence-corrected chi connectivity index (χ1v) is 6.59. The molecule has 0 bridgehead atoms. The zero-order chi connectivity index (χ0) is 15.9. The van der Waals surface area contributed by atoms with E-state index in [9.17, 15) is 18.0 Å². The molecular formula is C15H8ClF3N2O. The van der Waals surface area contributed by atoms with Crippen molar-refractivity contribution >= 4 is 34.6 Å². The highest BCUT2D eigenvalue weighted by Gasteiger charge is 2.31. The van der Waals surface area contributed by atoms with Gasteiger partial charge >= 0.3 is 6.18 Å². The van der Waals surface area contributed by atoms with Gasteiger partial charge in [0.1, 0.15) is 5.71 Å². The SMILES string of the molecule is O=C1Nc2ccc(Cl)cc2C1=Nc1cccc(C(F)(F)F)c1. The summed E-state index contributed by atoms with van der Waals surface area (Å²) in [4.78, 5) is 16.0. The Bertz CT molecular complexity index is 800. The summed E-state index contributed by atoms with van der Waals surface area (Å²) in [5.74, 6) is -0.477. The number of rotatable bonds is 1. The van der Waals surface area contributed by atoms with Crippen LogP contribution in [-0.2, 0) is 11.0 Å². The van der Waals surface area contributed by atoms with Crippen LogP contribution in [0.3, 0.4) is 0 Å². The number of amides is 1. The number of anilines is 1. The van der Waals surface area contributed by atoms with Gasteiger partial charge in [-0.2, -0.15) is 13.2 Å². The molecule has 112 valence electrons. The summed E-state index contributed by atoms with van der Waals surface area (Å²) in [6, 6.07) is 9.25. The first-order valence-electron chi connectivity index (χ1n) is 6.22. The predicted molar refractivity (Wildman–Crippen MR) is 77.7 cm³/mol. The van der Waals surface area contributed by atoms with Gasteiger partial charge in [-0.15, -0.1) is 0 Å². The number of nitrogens with zero attached hydrogens (tertiary/aromatic N) is 1. The monoisotopic (exact) mass is 324 g/mol. The van der Waals surface area contributed by atoms with E-state index < -0.39 is 17.6 Å². The average molecular weight is 325 g/mol. The summed E-state index contributed by atoms with van der Waals surface area (Å²) in [7, 11) is 0. The summed E-state index contributed by atoms with van der Waals surface area (Å²) < 4.78 is 38.1. The zero-order valence-electron chi connectivity index (χ0n) is 10.9. The standard InChI is InChI=1S/C15H8ClF3N2O/c16-9-4-5-12-11(7-9)13(14(22)21-12)20-10-3-1-2-8(6-10)15(17,18)19/h1-7H,(H,20,21,22). The number of carbonyl (C=O) groups is 1. The summed E-state index contributed by atoms with van der Waals surface area (Å²) in [6.45, 7) is 0. The fraction of sp³-hybridized carbons (Fsp3) is 0.0667. The molecule has 0 fully saturated rings. The van der Waals surface area contributed by atoms with E-state index >= 15 is 0 Å². The molecule has 3 nitrogen and oxygen atoms in total. The van der Waals surface area contributed by atoms with E-state index in [1.807, 2.05) is 0 Å². The lowest BCUT2D eigenvalue weighted by molar-refractivity contribution is -0.137. The number of halogens is 4. The molecule has 1 heterocycles. The molecule has 7 heteroatoms. The summed E-state index contributed by atoms with van der Waals surface area (Å²) >= 11 is 5.88. The number of alkyl halides is 3. The van der Waals surface area contributed by atoms with Crippen LogP contribution >= 0.6 is 11.6 Å². The van der Waals surface area contributed by atoms with Gasteiger partial charge in [0.05, 0.1) is 16.9 Å². The summed E-state index contributed by atoms with van der Waals surface area (Å²) in [5.41, 5.74) is 0.263. The highest BCUT2D eigenvalue weighted by Crippen LogP contribution is 2.33. The van der Waals surface area contributed by atoms with Crippen LogP contribution in [0.15, 0.2) is 47.5 Å². The highest BCUT2D eigenvalue weighted by atomic mass is 35.5. The lowest BCUT2D eigenvalue weighted by atomic mass is 10.1. The zero-order valence-corrected chi connectivity index (χ0v) is 11.7. The molecule has 3 rings (SSSR count). The van der Waals surface area contributed by atoms with Crippen LogP contribution in [0.5, 0.6) is 0 Å². The third-order valence-electron chi connectivity index (χ3n) is 3.11. The second-order valence-corrected chi connectivity index (χ2v) is 5.09. The van der Waals surface area contributed by atoms with Gasteiger partial charge in [0, 0.05) is 10.6 Å². The predicted octanol–water partition coefficient (Wildman–Crippen LogP) is 4.43. The number of carbonyl (C=O) groups excluding carboxylic acids is 1. The second-order valence-electron chi connectivity index (χ2n) is 4.65. The molecule has 0 radical (unpaired) electrons. The molecular weight excluding hydrogens is 317 g/mol. The molecule has 0 spiro atoms. The molecule has 1 aliphatic rings. The largest absolute Gasteiger partial charge is 0.416 e. The first kappa shape index (κ1) is 14.6. The Labute approximate surface area is 128 Å². The molecule has 0 unspecified atom stereocenters. The molecule has 1 N–H and O–H groups in total.